The zero-order valence-electron chi connectivity index (χ0n) is 10.2. The van der Waals surface area contributed by atoms with E-state index in [1.54, 1.807) is 0 Å². The highest BCUT2D eigenvalue weighted by Crippen LogP contribution is 2.35. The molecule has 1 aliphatic heterocycles. The average molecular weight is 357 g/mol. The van der Waals surface area contributed by atoms with Gasteiger partial charge in [0.1, 0.15) is 0 Å². The summed E-state index contributed by atoms with van der Waals surface area (Å²) < 4.78 is 11.9. The van der Waals surface area contributed by atoms with Gasteiger partial charge in [-0.15, -0.1) is 0 Å². The molecule has 2 aliphatic rings. The van der Waals surface area contributed by atoms with E-state index in [2.05, 4.69) is 22.6 Å². The minimum absolute atomic E-state index is 0.328. The number of halogens is 1. The first-order valence-corrected chi connectivity index (χ1v) is 7.53. The fraction of sp³-hybridized carbons (Fsp3) is 0.500. The SMILES string of the molecule is Ic1cc2c(cc1C=NC1CCCCC1)OCO2. The van der Waals surface area contributed by atoms with Gasteiger partial charge in [0.15, 0.2) is 11.5 Å². The lowest BCUT2D eigenvalue weighted by Crippen LogP contribution is -2.09. The summed E-state index contributed by atoms with van der Waals surface area (Å²) in [6, 6.07) is 4.56. The second kappa shape index (κ2) is 5.47. The van der Waals surface area contributed by atoms with Crippen molar-refractivity contribution in [2.45, 2.75) is 38.1 Å². The molecule has 0 atom stereocenters. The van der Waals surface area contributed by atoms with Gasteiger partial charge in [-0.1, -0.05) is 19.3 Å². The third-order valence-electron chi connectivity index (χ3n) is 3.49. The van der Waals surface area contributed by atoms with Gasteiger partial charge in [-0.2, -0.15) is 0 Å². The summed E-state index contributed by atoms with van der Waals surface area (Å²) in [6.45, 7) is 0.328. The van der Waals surface area contributed by atoms with Gasteiger partial charge in [0, 0.05) is 21.4 Å². The molecule has 4 heteroatoms. The zero-order chi connectivity index (χ0) is 12.4. The molecule has 1 heterocycles. The van der Waals surface area contributed by atoms with Crippen molar-refractivity contribution in [3.05, 3.63) is 21.3 Å². The first-order valence-electron chi connectivity index (χ1n) is 6.45. The molecule has 0 amide bonds. The fourth-order valence-corrected chi connectivity index (χ4v) is 3.03. The lowest BCUT2D eigenvalue weighted by molar-refractivity contribution is 0.174. The molecular weight excluding hydrogens is 341 g/mol. The molecule has 1 aromatic carbocycles. The van der Waals surface area contributed by atoms with E-state index in [-0.39, 0.29) is 0 Å². The summed E-state index contributed by atoms with van der Waals surface area (Å²) >= 11 is 2.32. The van der Waals surface area contributed by atoms with Crippen LogP contribution in [0.5, 0.6) is 11.5 Å². The third-order valence-corrected chi connectivity index (χ3v) is 4.43. The van der Waals surface area contributed by atoms with E-state index in [0.29, 0.717) is 12.8 Å². The van der Waals surface area contributed by atoms with E-state index >= 15 is 0 Å². The summed E-state index contributed by atoms with van der Waals surface area (Å²) in [7, 11) is 0. The molecular formula is C14H16INO2. The molecule has 96 valence electrons. The molecule has 0 spiro atoms. The quantitative estimate of drug-likeness (QED) is 0.596. The van der Waals surface area contributed by atoms with Crippen molar-refractivity contribution in [1.29, 1.82) is 0 Å². The van der Waals surface area contributed by atoms with Crippen LogP contribution in [-0.4, -0.2) is 19.0 Å². The molecule has 3 rings (SSSR count). The molecule has 1 fully saturated rings. The standard InChI is InChI=1S/C14H16INO2/c15-12-7-14-13(17-9-18-14)6-10(12)8-16-11-4-2-1-3-5-11/h6-8,11H,1-5,9H2. The van der Waals surface area contributed by atoms with Crippen molar-refractivity contribution >= 4 is 28.8 Å². The number of hydrogen-bond acceptors (Lipinski definition) is 3. The minimum atomic E-state index is 0.328. The molecule has 3 nitrogen and oxygen atoms in total. The van der Waals surface area contributed by atoms with E-state index in [1.807, 2.05) is 18.3 Å². The van der Waals surface area contributed by atoms with Gasteiger partial charge >= 0.3 is 0 Å². The first-order chi connectivity index (χ1) is 8.83. The molecule has 1 aliphatic carbocycles. The Morgan fingerprint density at radius 3 is 2.61 bits per heavy atom. The number of nitrogens with zero attached hydrogens (tertiary/aromatic N) is 1. The monoisotopic (exact) mass is 357 g/mol. The van der Waals surface area contributed by atoms with Crippen LogP contribution in [0.1, 0.15) is 37.7 Å². The molecule has 0 N–H and O–H groups in total. The van der Waals surface area contributed by atoms with Crippen LogP contribution >= 0.6 is 22.6 Å². The Kier molecular flexibility index (Phi) is 3.72. The highest BCUT2D eigenvalue weighted by atomic mass is 127. The van der Waals surface area contributed by atoms with E-state index < -0.39 is 0 Å². The molecule has 0 radical (unpaired) electrons. The van der Waals surface area contributed by atoms with Gasteiger partial charge in [0.25, 0.3) is 0 Å². The summed E-state index contributed by atoms with van der Waals surface area (Å²) in [5.74, 6) is 1.68. The number of benzene rings is 1. The van der Waals surface area contributed by atoms with Gasteiger partial charge in [0.05, 0.1) is 0 Å². The maximum absolute atomic E-state index is 5.40. The minimum Gasteiger partial charge on any atom is -0.454 e. The number of rotatable bonds is 2. The second-order valence-electron chi connectivity index (χ2n) is 4.80. The van der Waals surface area contributed by atoms with Crippen molar-refractivity contribution in [3.63, 3.8) is 0 Å². The van der Waals surface area contributed by atoms with Crippen LogP contribution in [0.25, 0.3) is 0 Å². The van der Waals surface area contributed by atoms with Gasteiger partial charge in [-0.25, -0.2) is 0 Å². The van der Waals surface area contributed by atoms with Gasteiger partial charge in [0.2, 0.25) is 6.79 Å². The number of ether oxygens (including phenoxy) is 2. The molecule has 1 saturated carbocycles. The number of fused-ring (bicyclic) bond motifs is 1. The topological polar surface area (TPSA) is 30.8 Å². The van der Waals surface area contributed by atoms with Crippen molar-refractivity contribution in [2.24, 2.45) is 4.99 Å². The Bertz CT molecular complexity index is 467. The van der Waals surface area contributed by atoms with Crippen LogP contribution in [0, 0.1) is 3.57 Å². The summed E-state index contributed by atoms with van der Waals surface area (Å²) in [5.41, 5.74) is 1.13. The highest BCUT2D eigenvalue weighted by Gasteiger charge is 2.16. The summed E-state index contributed by atoms with van der Waals surface area (Å²) in [5, 5.41) is 0. The zero-order valence-corrected chi connectivity index (χ0v) is 12.4. The largest absolute Gasteiger partial charge is 0.454 e. The molecule has 1 aromatic rings. The lowest BCUT2D eigenvalue weighted by atomic mass is 9.96. The fourth-order valence-electron chi connectivity index (χ4n) is 2.45. The van der Waals surface area contributed by atoms with E-state index in [0.717, 1.165) is 20.6 Å². The Morgan fingerprint density at radius 2 is 1.83 bits per heavy atom. The van der Waals surface area contributed by atoms with Crippen molar-refractivity contribution in [2.75, 3.05) is 6.79 Å². The average Bonchev–Trinajstić information content (AvgIpc) is 2.84. The maximum Gasteiger partial charge on any atom is 0.231 e. The predicted octanol–water partition coefficient (Wildman–Crippen LogP) is 3.77. The van der Waals surface area contributed by atoms with E-state index in [4.69, 9.17) is 14.5 Å². The van der Waals surface area contributed by atoms with Gasteiger partial charge in [-0.3, -0.25) is 4.99 Å². The van der Waals surface area contributed by atoms with E-state index in [9.17, 15) is 0 Å². The second-order valence-corrected chi connectivity index (χ2v) is 5.96. The van der Waals surface area contributed by atoms with Crippen molar-refractivity contribution < 1.29 is 9.47 Å². The van der Waals surface area contributed by atoms with Crippen LogP contribution in [0.3, 0.4) is 0 Å². The molecule has 18 heavy (non-hydrogen) atoms. The summed E-state index contributed by atoms with van der Waals surface area (Å²) in [4.78, 5) is 4.71. The van der Waals surface area contributed by atoms with Crippen molar-refractivity contribution in [3.8, 4) is 11.5 Å². The smallest absolute Gasteiger partial charge is 0.231 e. The number of hydrogen-bond donors (Lipinski definition) is 0. The van der Waals surface area contributed by atoms with E-state index in [1.165, 1.54) is 32.1 Å². The Morgan fingerprint density at radius 1 is 1.11 bits per heavy atom. The molecule has 0 aromatic heterocycles. The molecule has 0 saturated heterocycles. The van der Waals surface area contributed by atoms with Crippen molar-refractivity contribution in [1.82, 2.24) is 0 Å². The maximum atomic E-state index is 5.40. The Labute approximate surface area is 121 Å². The Hall–Kier alpha value is -0.780. The van der Waals surface area contributed by atoms with Crippen LogP contribution in [-0.2, 0) is 0 Å². The predicted molar refractivity (Wildman–Crippen MR) is 79.7 cm³/mol. The first kappa shape index (κ1) is 12.3. The Balaban J connectivity index is 1.77. The number of aliphatic imine (C=N–C) groups is 1. The van der Waals surface area contributed by atoms with Crippen LogP contribution < -0.4 is 9.47 Å². The normalized spacial score (nSPS) is 19.6. The molecule has 0 unspecified atom stereocenters. The van der Waals surface area contributed by atoms with Gasteiger partial charge < -0.3 is 9.47 Å². The summed E-state index contributed by atoms with van der Waals surface area (Å²) in [6.07, 6.45) is 8.48. The van der Waals surface area contributed by atoms with Crippen LogP contribution in [0.15, 0.2) is 17.1 Å². The highest BCUT2D eigenvalue weighted by molar-refractivity contribution is 14.1. The third kappa shape index (κ3) is 2.63. The van der Waals surface area contributed by atoms with Crippen LogP contribution in [0.4, 0.5) is 0 Å². The molecule has 0 bridgehead atoms. The van der Waals surface area contributed by atoms with Gasteiger partial charge in [-0.05, 0) is 47.6 Å². The van der Waals surface area contributed by atoms with Crippen LogP contribution in [0.2, 0.25) is 0 Å². The lowest BCUT2D eigenvalue weighted by Gasteiger charge is -2.17.